The predicted molar refractivity (Wildman–Crippen MR) is 84.1 cm³/mol. The van der Waals surface area contributed by atoms with E-state index in [-0.39, 0.29) is 0 Å². The van der Waals surface area contributed by atoms with Crippen molar-refractivity contribution in [2.75, 3.05) is 6.61 Å². The second-order valence-electron chi connectivity index (χ2n) is 6.33. The van der Waals surface area contributed by atoms with E-state index >= 15 is 0 Å². The summed E-state index contributed by atoms with van der Waals surface area (Å²) < 4.78 is 11.5. The van der Waals surface area contributed by atoms with Gasteiger partial charge in [0.2, 0.25) is 0 Å². The van der Waals surface area contributed by atoms with Gasteiger partial charge in [0.15, 0.2) is 0 Å². The first kappa shape index (κ1) is 16.8. The Morgan fingerprint density at radius 3 is 1.61 bits per heavy atom. The molecular formula is C16H34OSn. The Bertz CT molecular complexity index is 191. The zero-order chi connectivity index (χ0) is 13.4. The average Bonchev–Trinajstić information content (AvgIpc) is 3.22. The molecule has 1 rings (SSSR count). The predicted octanol–water partition coefficient (Wildman–Crippen LogP) is 5.62. The van der Waals surface area contributed by atoms with Crippen LogP contribution in [0.15, 0.2) is 0 Å². The fraction of sp³-hybridized carbons (Fsp3) is 1.00. The van der Waals surface area contributed by atoms with Gasteiger partial charge in [0.1, 0.15) is 0 Å². The molecule has 0 N–H and O–H groups in total. The van der Waals surface area contributed by atoms with E-state index < -0.39 is 18.4 Å². The summed E-state index contributed by atoms with van der Waals surface area (Å²) in [6, 6.07) is 0. The third-order valence-corrected chi connectivity index (χ3v) is 23.1. The molecule has 1 fully saturated rings. The van der Waals surface area contributed by atoms with Gasteiger partial charge in [-0.05, 0) is 0 Å². The molecule has 2 heteroatoms. The van der Waals surface area contributed by atoms with Crippen molar-refractivity contribution in [2.45, 2.75) is 89.6 Å². The first-order chi connectivity index (χ1) is 8.70. The molecule has 1 saturated heterocycles. The van der Waals surface area contributed by atoms with E-state index in [4.69, 9.17) is 4.74 Å². The van der Waals surface area contributed by atoms with Crippen LogP contribution in [0.5, 0.6) is 0 Å². The molecule has 2 atom stereocenters. The Labute approximate surface area is 119 Å². The monoisotopic (exact) mass is 362 g/mol. The van der Waals surface area contributed by atoms with E-state index in [9.17, 15) is 0 Å². The second kappa shape index (κ2) is 8.84. The average molecular weight is 361 g/mol. The Morgan fingerprint density at radius 1 is 0.944 bits per heavy atom. The van der Waals surface area contributed by atoms with Crippen molar-refractivity contribution in [3.05, 3.63) is 0 Å². The number of ether oxygens (including phenoxy) is 1. The summed E-state index contributed by atoms with van der Waals surface area (Å²) in [5, 5.41) is 0. The molecule has 2 unspecified atom stereocenters. The van der Waals surface area contributed by atoms with Gasteiger partial charge in [0, 0.05) is 0 Å². The molecule has 108 valence electrons. The summed E-state index contributed by atoms with van der Waals surface area (Å²) in [6.45, 7) is 10.7. The number of rotatable bonds is 11. The molecule has 0 aromatic heterocycles. The number of hydrogen-bond acceptors (Lipinski definition) is 1. The van der Waals surface area contributed by atoms with Crippen molar-refractivity contribution in [3.8, 4) is 0 Å². The minimum absolute atomic E-state index is 0.673. The summed E-state index contributed by atoms with van der Waals surface area (Å²) in [5.41, 5.74) is 0. The van der Waals surface area contributed by atoms with Gasteiger partial charge < -0.3 is 0 Å². The number of epoxide rings is 1. The molecule has 0 bridgehead atoms. The molecular weight excluding hydrogens is 327 g/mol. The SMILES string of the molecule is CCC[CH2][Sn]([CH2]CCC)([CH2]CCC)[CH](C)C1CO1. The van der Waals surface area contributed by atoms with Crippen LogP contribution in [0.2, 0.25) is 17.2 Å². The Balaban J connectivity index is 2.68. The summed E-state index contributed by atoms with van der Waals surface area (Å²) in [5.74, 6) is 0. The second-order valence-corrected chi connectivity index (χ2v) is 21.0. The van der Waals surface area contributed by atoms with Crippen molar-refractivity contribution < 1.29 is 4.74 Å². The maximum atomic E-state index is 5.67. The van der Waals surface area contributed by atoms with E-state index in [1.54, 1.807) is 13.3 Å². The molecule has 0 aliphatic carbocycles. The molecule has 1 aliphatic heterocycles. The van der Waals surface area contributed by atoms with Crippen LogP contribution in [0.25, 0.3) is 0 Å². The van der Waals surface area contributed by atoms with Crippen molar-refractivity contribution in [3.63, 3.8) is 0 Å². The fourth-order valence-electron chi connectivity index (χ4n) is 3.38. The first-order valence-corrected chi connectivity index (χ1v) is 16.0. The van der Waals surface area contributed by atoms with E-state index in [0.717, 1.165) is 10.5 Å². The van der Waals surface area contributed by atoms with Gasteiger partial charge in [-0.3, -0.25) is 0 Å². The van der Waals surface area contributed by atoms with Crippen molar-refractivity contribution in [1.82, 2.24) is 0 Å². The van der Waals surface area contributed by atoms with Crippen LogP contribution in [-0.4, -0.2) is 31.1 Å². The van der Waals surface area contributed by atoms with E-state index in [2.05, 4.69) is 27.7 Å². The van der Waals surface area contributed by atoms with Gasteiger partial charge in [0.05, 0.1) is 0 Å². The minimum atomic E-state index is -1.94. The maximum absolute atomic E-state index is 5.67. The van der Waals surface area contributed by atoms with E-state index in [0.29, 0.717) is 6.10 Å². The van der Waals surface area contributed by atoms with Crippen molar-refractivity contribution in [2.24, 2.45) is 0 Å². The van der Waals surface area contributed by atoms with Crippen LogP contribution in [0.1, 0.15) is 66.2 Å². The van der Waals surface area contributed by atoms with Gasteiger partial charge in [0.25, 0.3) is 0 Å². The van der Waals surface area contributed by atoms with Gasteiger partial charge >= 0.3 is 119 Å². The summed E-state index contributed by atoms with van der Waals surface area (Å²) in [7, 11) is 0. The van der Waals surface area contributed by atoms with Crippen LogP contribution in [-0.2, 0) is 4.74 Å². The van der Waals surface area contributed by atoms with Crippen LogP contribution < -0.4 is 0 Å². The van der Waals surface area contributed by atoms with Gasteiger partial charge in [-0.2, -0.15) is 0 Å². The molecule has 1 heterocycles. The number of hydrogen-bond donors (Lipinski definition) is 0. The molecule has 0 spiro atoms. The Kier molecular flexibility index (Phi) is 8.25. The molecule has 0 saturated carbocycles. The van der Waals surface area contributed by atoms with Gasteiger partial charge in [-0.25, -0.2) is 0 Å². The third-order valence-electron chi connectivity index (χ3n) is 4.97. The molecule has 18 heavy (non-hydrogen) atoms. The van der Waals surface area contributed by atoms with Crippen molar-refractivity contribution >= 4 is 18.4 Å². The summed E-state index contributed by atoms with van der Waals surface area (Å²) in [4.78, 5) is 0. The first-order valence-electron chi connectivity index (χ1n) is 8.31. The Morgan fingerprint density at radius 2 is 1.33 bits per heavy atom. The normalized spacial score (nSPS) is 21.0. The van der Waals surface area contributed by atoms with Gasteiger partial charge in [-0.15, -0.1) is 0 Å². The van der Waals surface area contributed by atoms with Crippen LogP contribution in [0.4, 0.5) is 0 Å². The summed E-state index contributed by atoms with van der Waals surface area (Å²) in [6.07, 6.45) is 9.28. The van der Waals surface area contributed by atoms with Gasteiger partial charge in [-0.1, -0.05) is 0 Å². The molecule has 0 amide bonds. The fourth-order valence-corrected chi connectivity index (χ4v) is 21.3. The molecule has 1 nitrogen and oxygen atoms in total. The van der Waals surface area contributed by atoms with Crippen LogP contribution in [0.3, 0.4) is 0 Å². The molecule has 0 radical (unpaired) electrons. The third kappa shape index (κ3) is 5.03. The van der Waals surface area contributed by atoms with E-state index in [1.807, 2.05) is 0 Å². The standard InChI is InChI=1S/C4H7O.3C4H9.Sn/c1-2-4-3-5-4;3*1-3-4-2;/h2,4H,3H2,1H3;3*1,3-4H2,2H3;. The quantitative estimate of drug-likeness (QED) is 0.344. The molecule has 1 aliphatic rings. The number of unbranched alkanes of at least 4 members (excludes halogenated alkanes) is 3. The summed E-state index contributed by atoms with van der Waals surface area (Å²) >= 11 is -1.94. The molecule has 0 aromatic rings. The van der Waals surface area contributed by atoms with Crippen molar-refractivity contribution in [1.29, 1.82) is 0 Å². The van der Waals surface area contributed by atoms with Crippen LogP contribution in [0, 0.1) is 0 Å². The van der Waals surface area contributed by atoms with Crippen LogP contribution >= 0.6 is 0 Å². The zero-order valence-corrected chi connectivity index (χ0v) is 16.0. The topological polar surface area (TPSA) is 12.5 Å². The zero-order valence-electron chi connectivity index (χ0n) is 13.1. The Hall–Kier alpha value is 0.759. The molecule has 0 aromatic carbocycles. The van der Waals surface area contributed by atoms with E-state index in [1.165, 1.54) is 38.5 Å².